The number of hydrogen-bond acceptors (Lipinski definition) is 6. The second-order valence-corrected chi connectivity index (χ2v) is 29.0. The standard InChI is InChI=1S/C82H76B2N4O2/c1-79(2,3)57-35-19-25-41-65(57)87(66-42-26-20-36-58(66)80(4,5)6)55-47-71-77-75(49-55)89-73-52-74-64(51-63(73)83(77)61-39-23-29-45-69(61)85(71)53-31-15-13-16-32-53)84-62-40-24-30-46-70(62)86(54-33-17-14-18-34-54)72-48-56(50-76(90-74)78(72)84)88(67-43-27-21-37-59(67)81(7,8)9)68-44-28-22-38-60(68)82(10,11)12/h13-52H,1-12H3. The third kappa shape index (κ3) is 9.31. The molecule has 90 heavy (non-hydrogen) atoms. The van der Waals surface area contributed by atoms with Crippen molar-refractivity contribution in [2.45, 2.75) is 105 Å². The fraction of sp³-hybridized carbons (Fsp3) is 0.195. The topological polar surface area (TPSA) is 31.4 Å². The number of para-hydroxylation sites is 8. The van der Waals surface area contributed by atoms with Gasteiger partial charge in [0.2, 0.25) is 0 Å². The highest BCUT2D eigenvalue weighted by Crippen LogP contribution is 2.53. The molecule has 0 radical (unpaired) electrons. The lowest BCUT2D eigenvalue weighted by atomic mass is 9.31. The molecule has 0 bridgehead atoms. The van der Waals surface area contributed by atoms with Crippen molar-refractivity contribution in [3.05, 3.63) is 265 Å². The van der Waals surface area contributed by atoms with Crippen molar-refractivity contribution in [2.75, 3.05) is 19.6 Å². The number of benzene rings is 11. The molecule has 0 saturated heterocycles. The molecule has 442 valence electrons. The minimum absolute atomic E-state index is 0.173. The number of hydrogen-bond donors (Lipinski definition) is 0. The molecule has 11 aromatic carbocycles. The van der Waals surface area contributed by atoms with Crippen molar-refractivity contribution in [2.24, 2.45) is 0 Å². The van der Waals surface area contributed by atoms with E-state index in [0.717, 1.165) is 113 Å². The van der Waals surface area contributed by atoms with Crippen LogP contribution in [0.2, 0.25) is 0 Å². The summed E-state index contributed by atoms with van der Waals surface area (Å²) in [6.45, 7) is 27.4. The first kappa shape index (κ1) is 56.8. The van der Waals surface area contributed by atoms with E-state index in [-0.39, 0.29) is 35.1 Å². The molecule has 0 N–H and O–H groups in total. The number of nitrogens with zero attached hydrogens (tertiary/aromatic N) is 4. The Labute approximate surface area is 533 Å². The summed E-state index contributed by atoms with van der Waals surface area (Å²) in [5.41, 5.74) is 24.4. The van der Waals surface area contributed by atoms with Crippen molar-refractivity contribution in [3.63, 3.8) is 0 Å². The summed E-state index contributed by atoms with van der Waals surface area (Å²) in [7, 11) is 0. The summed E-state index contributed by atoms with van der Waals surface area (Å²) in [6.07, 6.45) is 0. The Bertz CT molecular complexity index is 4240. The Morgan fingerprint density at radius 1 is 0.278 bits per heavy atom. The third-order valence-corrected chi connectivity index (χ3v) is 18.8. The van der Waals surface area contributed by atoms with Gasteiger partial charge in [-0.25, -0.2) is 0 Å². The van der Waals surface area contributed by atoms with Gasteiger partial charge in [0.15, 0.2) is 0 Å². The van der Waals surface area contributed by atoms with Gasteiger partial charge >= 0.3 is 0 Å². The van der Waals surface area contributed by atoms with E-state index >= 15 is 0 Å². The average molecular weight is 1170 g/mol. The van der Waals surface area contributed by atoms with Crippen LogP contribution in [0.3, 0.4) is 0 Å². The van der Waals surface area contributed by atoms with Crippen LogP contribution in [0.1, 0.15) is 105 Å². The predicted molar refractivity (Wildman–Crippen MR) is 382 cm³/mol. The molecule has 0 fully saturated rings. The highest BCUT2D eigenvalue weighted by Gasteiger charge is 2.48. The van der Waals surface area contributed by atoms with E-state index in [2.05, 4.69) is 345 Å². The molecule has 0 atom stereocenters. The zero-order valence-electron chi connectivity index (χ0n) is 53.9. The van der Waals surface area contributed by atoms with Gasteiger partial charge in [-0.15, -0.1) is 0 Å². The first-order valence-corrected chi connectivity index (χ1v) is 32.0. The summed E-state index contributed by atoms with van der Waals surface area (Å²) < 4.78 is 15.4. The molecule has 4 aliphatic heterocycles. The SMILES string of the molecule is CC(C)(C)c1ccccc1N(c1cc2c3c(c1)N(c1ccccc1)c1ccccc1B3c1cc3c(cc1O2)Oc1cc(N(c2ccccc2C(C)(C)C)c2ccccc2C(C)(C)C)cc2c1B3c1ccccc1N2c1ccccc1)c1ccccc1C(C)(C)C. The predicted octanol–water partition coefficient (Wildman–Crippen LogP) is 18.6. The van der Waals surface area contributed by atoms with Crippen LogP contribution in [0.15, 0.2) is 243 Å². The highest BCUT2D eigenvalue weighted by molar-refractivity contribution is 7.02. The van der Waals surface area contributed by atoms with E-state index in [4.69, 9.17) is 9.47 Å². The van der Waals surface area contributed by atoms with E-state index in [9.17, 15) is 0 Å². The molecular formula is C82H76B2N4O2. The molecule has 15 rings (SSSR count). The molecule has 0 saturated carbocycles. The molecule has 6 nitrogen and oxygen atoms in total. The van der Waals surface area contributed by atoms with Crippen molar-refractivity contribution < 1.29 is 9.47 Å². The van der Waals surface area contributed by atoms with Gasteiger partial charge in [0.1, 0.15) is 23.0 Å². The van der Waals surface area contributed by atoms with E-state index in [1.165, 1.54) is 33.2 Å². The zero-order valence-corrected chi connectivity index (χ0v) is 53.9. The minimum atomic E-state index is -0.186. The first-order chi connectivity index (χ1) is 43.2. The summed E-state index contributed by atoms with van der Waals surface area (Å²) >= 11 is 0. The molecule has 0 aromatic heterocycles. The second-order valence-electron chi connectivity index (χ2n) is 29.0. The summed E-state index contributed by atoms with van der Waals surface area (Å²) in [4.78, 5) is 9.93. The number of ether oxygens (including phenoxy) is 2. The van der Waals surface area contributed by atoms with Crippen molar-refractivity contribution in [3.8, 4) is 23.0 Å². The maximum Gasteiger partial charge on any atom is 0.256 e. The Morgan fingerprint density at radius 2 is 0.578 bits per heavy atom. The zero-order chi connectivity index (χ0) is 62.2. The van der Waals surface area contributed by atoms with Crippen LogP contribution >= 0.6 is 0 Å². The fourth-order valence-electron chi connectivity index (χ4n) is 14.9. The quantitative estimate of drug-likeness (QED) is 0.141. The Hall–Kier alpha value is -9.65. The third-order valence-electron chi connectivity index (χ3n) is 18.8. The number of rotatable bonds is 8. The van der Waals surface area contributed by atoms with E-state index in [1.54, 1.807) is 0 Å². The number of anilines is 12. The lowest BCUT2D eigenvalue weighted by Gasteiger charge is -2.43. The highest BCUT2D eigenvalue weighted by atomic mass is 16.5. The Balaban J connectivity index is 0.990. The van der Waals surface area contributed by atoms with Gasteiger partial charge in [0, 0.05) is 75.1 Å². The summed E-state index contributed by atoms with van der Waals surface area (Å²) in [5.74, 6) is 3.19. The second kappa shape index (κ2) is 21.0. The van der Waals surface area contributed by atoms with Crippen LogP contribution in [0.25, 0.3) is 0 Å². The van der Waals surface area contributed by atoms with Gasteiger partial charge in [-0.3, -0.25) is 0 Å². The van der Waals surface area contributed by atoms with Gasteiger partial charge in [0.05, 0.1) is 11.4 Å². The van der Waals surface area contributed by atoms with Gasteiger partial charge < -0.3 is 29.1 Å². The fourth-order valence-corrected chi connectivity index (χ4v) is 14.9. The molecule has 4 aliphatic rings. The maximum atomic E-state index is 7.70. The van der Waals surface area contributed by atoms with Crippen LogP contribution in [-0.4, -0.2) is 13.4 Å². The van der Waals surface area contributed by atoms with Crippen molar-refractivity contribution in [1.82, 2.24) is 0 Å². The average Bonchev–Trinajstić information content (AvgIpc) is 0.708. The molecule has 11 aromatic rings. The normalized spacial score (nSPS) is 13.6. The lowest BCUT2D eigenvalue weighted by Crippen LogP contribution is -2.63. The summed E-state index contributed by atoms with van der Waals surface area (Å²) in [6, 6.07) is 89.7. The van der Waals surface area contributed by atoms with Gasteiger partial charge in [-0.1, -0.05) is 235 Å². The van der Waals surface area contributed by atoms with Crippen LogP contribution in [-0.2, 0) is 21.7 Å². The molecule has 0 amide bonds. The van der Waals surface area contributed by atoms with Crippen molar-refractivity contribution in [1.29, 1.82) is 0 Å². The first-order valence-electron chi connectivity index (χ1n) is 32.0. The van der Waals surface area contributed by atoms with E-state index in [1.807, 2.05) is 0 Å². The smallest absolute Gasteiger partial charge is 0.256 e. The number of fused-ring (bicyclic) bond motifs is 8. The van der Waals surface area contributed by atoms with Crippen LogP contribution < -0.4 is 61.9 Å². The minimum Gasteiger partial charge on any atom is -0.458 e. The Kier molecular flexibility index (Phi) is 13.3. The van der Waals surface area contributed by atoms with Gasteiger partial charge in [0.25, 0.3) is 13.4 Å². The van der Waals surface area contributed by atoms with Crippen LogP contribution in [0.5, 0.6) is 23.0 Å². The molecule has 4 heterocycles. The van der Waals surface area contributed by atoms with Gasteiger partial charge in [-0.05, 0) is 149 Å². The van der Waals surface area contributed by atoms with Crippen LogP contribution in [0, 0.1) is 0 Å². The van der Waals surface area contributed by atoms with Crippen molar-refractivity contribution >= 4 is 114 Å². The molecule has 0 unspecified atom stereocenters. The monoisotopic (exact) mass is 1170 g/mol. The maximum absolute atomic E-state index is 7.70. The summed E-state index contributed by atoms with van der Waals surface area (Å²) in [5, 5.41) is 0. The Morgan fingerprint density at radius 3 is 0.911 bits per heavy atom. The molecule has 0 spiro atoms. The lowest BCUT2D eigenvalue weighted by molar-refractivity contribution is 0.466. The van der Waals surface area contributed by atoms with E-state index < -0.39 is 0 Å². The largest absolute Gasteiger partial charge is 0.458 e. The molecular weight excluding hydrogens is 1090 g/mol. The van der Waals surface area contributed by atoms with E-state index in [0.29, 0.717) is 0 Å². The van der Waals surface area contributed by atoms with Crippen LogP contribution in [0.4, 0.5) is 68.2 Å². The molecule has 8 heteroatoms. The van der Waals surface area contributed by atoms with Gasteiger partial charge in [-0.2, -0.15) is 0 Å². The molecule has 0 aliphatic carbocycles.